The maximum absolute atomic E-state index is 5.82. The molecule has 106 valence electrons. The molecule has 1 aromatic carbocycles. The third-order valence-electron chi connectivity index (χ3n) is 3.15. The van der Waals surface area contributed by atoms with Crippen molar-refractivity contribution in [3.05, 3.63) is 47.3 Å². The second-order valence-corrected chi connectivity index (χ2v) is 4.85. The fourth-order valence-electron chi connectivity index (χ4n) is 1.95. The van der Waals surface area contributed by atoms with Crippen molar-refractivity contribution >= 4 is 17.5 Å². The van der Waals surface area contributed by atoms with Gasteiger partial charge in [-0.15, -0.1) is 11.6 Å². The molecule has 0 atom stereocenters. The Morgan fingerprint density at radius 3 is 2.65 bits per heavy atom. The summed E-state index contributed by atoms with van der Waals surface area (Å²) in [6.07, 6.45) is 1.78. The number of halogens is 1. The van der Waals surface area contributed by atoms with E-state index in [1.54, 1.807) is 13.3 Å². The molecule has 20 heavy (non-hydrogen) atoms. The van der Waals surface area contributed by atoms with Crippen molar-refractivity contribution in [1.29, 1.82) is 0 Å². The monoisotopic (exact) mass is 291 g/mol. The fourth-order valence-corrected chi connectivity index (χ4v) is 2.22. The van der Waals surface area contributed by atoms with Gasteiger partial charge in [0.05, 0.1) is 13.0 Å². The van der Waals surface area contributed by atoms with Crippen molar-refractivity contribution < 1.29 is 4.74 Å². The van der Waals surface area contributed by atoms with Crippen molar-refractivity contribution in [3.8, 4) is 5.75 Å². The van der Waals surface area contributed by atoms with E-state index in [4.69, 9.17) is 16.3 Å². The van der Waals surface area contributed by atoms with Gasteiger partial charge in [-0.05, 0) is 13.0 Å². The van der Waals surface area contributed by atoms with Crippen LogP contribution in [0.2, 0.25) is 0 Å². The molecule has 2 rings (SSSR count). The molecule has 0 bridgehead atoms. The zero-order valence-corrected chi connectivity index (χ0v) is 12.7. The lowest BCUT2D eigenvalue weighted by Gasteiger charge is -2.19. The predicted molar refractivity (Wildman–Crippen MR) is 81.4 cm³/mol. The molecule has 2 aromatic rings. The van der Waals surface area contributed by atoms with E-state index < -0.39 is 0 Å². The average molecular weight is 292 g/mol. The van der Waals surface area contributed by atoms with Crippen LogP contribution in [0.1, 0.15) is 16.8 Å². The van der Waals surface area contributed by atoms with E-state index in [9.17, 15) is 0 Å². The summed E-state index contributed by atoms with van der Waals surface area (Å²) >= 11 is 5.82. The third-order valence-corrected chi connectivity index (χ3v) is 3.44. The Morgan fingerprint density at radius 2 is 2.00 bits per heavy atom. The molecule has 0 aliphatic heterocycles. The number of hydrogen-bond donors (Lipinski definition) is 0. The molecule has 0 N–H and O–H groups in total. The van der Waals surface area contributed by atoms with E-state index in [1.165, 1.54) is 0 Å². The Bertz CT molecular complexity index is 589. The number of anilines is 1. The van der Waals surface area contributed by atoms with Gasteiger partial charge in [0, 0.05) is 36.6 Å². The molecule has 0 saturated carbocycles. The molecule has 0 spiro atoms. The Balaban J connectivity index is 2.19. The standard InChI is InChI=1S/C15H18ClN3O/c1-11-13(8-16)9-17-15(18-11)19(2)10-12-6-4-5-7-14(12)20-3/h4-7,9H,8,10H2,1-3H3. The molecule has 1 aromatic heterocycles. The number of nitrogens with zero attached hydrogens (tertiary/aromatic N) is 3. The Labute approximate surface area is 124 Å². The summed E-state index contributed by atoms with van der Waals surface area (Å²) in [6.45, 7) is 2.63. The molecule has 0 unspecified atom stereocenters. The number of aryl methyl sites for hydroxylation is 1. The van der Waals surface area contributed by atoms with Gasteiger partial charge in [0.25, 0.3) is 0 Å². The molecule has 0 aliphatic rings. The van der Waals surface area contributed by atoms with Crippen LogP contribution in [0, 0.1) is 6.92 Å². The predicted octanol–water partition coefficient (Wildman–Crippen LogP) is 3.17. The van der Waals surface area contributed by atoms with E-state index in [1.807, 2.05) is 43.1 Å². The highest BCUT2D eigenvalue weighted by Gasteiger charge is 2.10. The largest absolute Gasteiger partial charge is 0.496 e. The van der Waals surface area contributed by atoms with Gasteiger partial charge >= 0.3 is 0 Å². The number of benzene rings is 1. The third kappa shape index (κ3) is 3.20. The first kappa shape index (κ1) is 14.6. The smallest absolute Gasteiger partial charge is 0.225 e. The van der Waals surface area contributed by atoms with Gasteiger partial charge in [-0.3, -0.25) is 0 Å². The minimum absolute atomic E-state index is 0.433. The first-order chi connectivity index (χ1) is 9.65. The zero-order valence-electron chi connectivity index (χ0n) is 11.9. The van der Waals surface area contributed by atoms with Gasteiger partial charge in [0.2, 0.25) is 5.95 Å². The van der Waals surface area contributed by atoms with Crippen LogP contribution in [0.25, 0.3) is 0 Å². The highest BCUT2D eigenvalue weighted by atomic mass is 35.5. The molecule has 0 saturated heterocycles. The van der Waals surface area contributed by atoms with Crippen LogP contribution in [0.3, 0.4) is 0 Å². The SMILES string of the molecule is COc1ccccc1CN(C)c1ncc(CCl)c(C)n1. The highest BCUT2D eigenvalue weighted by molar-refractivity contribution is 6.17. The van der Waals surface area contributed by atoms with Crippen molar-refractivity contribution in [2.45, 2.75) is 19.3 Å². The van der Waals surface area contributed by atoms with Crippen molar-refractivity contribution in [3.63, 3.8) is 0 Å². The van der Waals surface area contributed by atoms with Crippen molar-refractivity contribution in [2.24, 2.45) is 0 Å². The Hall–Kier alpha value is -1.81. The number of methoxy groups -OCH3 is 1. The van der Waals surface area contributed by atoms with Gasteiger partial charge in [0.1, 0.15) is 5.75 Å². The summed E-state index contributed by atoms with van der Waals surface area (Å²) in [4.78, 5) is 10.8. The van der Waals surface area contributed by atoms with Gasteiger partial charge in [-0.2, -0.15) is 0 Å². The Morgan fingerprint density at radius 1 is 1.25 bits per heavy atom. The van der Waals surface area contributed by atoms with Crippen LogP contribution in [0.5, 0.6) is 5.75 Å². The summed E-state index contributed by atoms with van der Waals surface area (Å²) < 4.78 is 5.36. The van der Waals surface area contributed by atoms with Crippen molar-refractivity contribution in [1.82, 2.24) is 9.97 Å². The van der Waals surface area contributed by atoms with Gasteiger partial charge in [0.15, 0.2) is 0 Å². The number of aromatic nitrogens is 2. The second-order valence-electron chi connectivity index (χ2n) is 4.58. The van der Waals surface area contributed by atoms with Gasteiger partial charge in [-0.1, -0.05) is 18.2 Å². The van der Waals surface area contributed by atoms with E-state index >= 15 is 0 Å². The van der Waals surface area contributed by atoms with E-state index in [0.717, 1.165) is 22.6 Å². The number of ether oxygens (including phenoxy) is 1. The molecular formula is C15H18ClN3O. The lowest BCUT2D eigenvalue weighted by molar-refractivity contribution is 0.409. The normalized spacial score (nSPS) is 10.4. The first-order valence-corrected chi connectivity index (χ1v) is 6.90. The van der Waals surface area contributed by atoms with Crippen LogP contribution < -0.4 is 9.64 Å². The second kappa shape index (κ2) is 6.57. The molecular weight excluding hydrogens is 274 g/mol. The molecule has 4 nitrogen and oxygen atoms in total. The summed E-state index contributed by atoms with van der Waals surface area (Å²) in [5.74, 6) is 1.98. The van der Waals surface area contributed by atoms with Gasteiger partial charge < -0.3 is 9.64 Å². The molecule has 0 fully saturated rings. The average Bonchev–Trinajstić information content (AvgIpc) is 2.47. The minimum atomic E-state index is 0.433. The topological polar surface area (TPSA) is 38.2 Å². The minimum Gasteiger partial charge on any atom is -0.496 e. The molecule has 0 amide bonds. The molecule has 5 heteroatoms. The maximum Gasteiger partial charge on any atom is 0.225 e. The maximum atomic E-state index is 5.82. The van der Waals surface area contributed by atoms with E-state index in [2.05, 4.69) is 9.97 Å². The molecule has 0 radical (unpaired) electrons. The summed E-state index contributed by atoms with van der Waals surface area (Å²) in [7, 11) is 3.64. The summed E-state index contributed by atoms with van der Waals surface area (Å²) in [6, 6.07) is 7.94. The van der Waals surface area contributed by atoms with Crippen LogP contribution in [0.15, 0.2) is 30.5 Å². The van der Waals surface area contributed by atoms with Crippen LogP contribution in [-0.2, 0) is 12.4 Å². The van der Waals surface area contributed by atoms with E-state index in [0.29, 0.717) is 18.4 Å². The zero-order chi connectivity index (χ0) is 14.5. The summed E-state index contributed by atoms with van der Waals surface area (Å²) in [5.41, 5.74) is 2.97. The summed E-state index contributed by atoms with van der Waals surface area (Å²) in [5, 5.41) is 0. The fraction of sp³-hybridized carbons (Fsp3) is 0.333. The lowest BCUT2D eigenvalue weighted by Crippen LogP contribution is -2.20. The number of para-hydroxylation sites is 1. The number of rotatable bonds is 5. The Kier molecular flexibility index (Phi) is 4.79. The van der Waals surface area contributed by atoms with Crippen LogP contribution >= 0.6 is 11.6 Å². The number of hydrogen-bond acceptors (Lipinski definition) is 4. The van der Waals surface area contributed by atoms with Crippen molar-refractivity contribution in [2.75, 3.05) is 19.1 Å². The van der Waals surface area contributed by atoms with Crippen LogP contribution in [0.4, 0.5) is 5.95 Å². The molecule has 0 aliphatic carbocycles. The highest BCUT2D eigenvalue weighted by Crippen LogP contribution is 2.21. The van der Waals surface area contributed by atoms with E-state index in [-0.39, 0.29) is 0 Å². The molecule has 1 heterocycles. The quantitative estimate of drug-likeness (QED) is 0.793. The van der Waals surface area contributed by atoms with Crippen LogP contribution in [-0.4, -0.2) is 24.1 Å². The first-order valence-electron chi connectivity index (χ1n) is 6.37. The number of alkyl halides is 1. The lowest BCUT2D eigenvalue weighted by atomic mass is 10.2. The van der Waals surface area contributed by atoms with Gasteiger partial charge in [-0.25, -0.2) is 9.97 Å².